The summed E-state index contributed by atoms with van der Waals surface area (Å²) >= 11 is 0. The largest absolute Gasteiger partial charge is 0.668 e. The molecule has 11 heavy (non-hydrogen) atoms. The van der Waals surface area contributed by atoms with E-state index in [0.29, 0.717) is 0 Å². The second kappa shape index (κ2) is 6.55. The van der Waals surface area contributed by atoms with Crippen LogP contribution in [0.25, 0.3) is 0 Å². The van der Waals surface area contributed by atoms with Crippen LogP contribution in [0.2, 0.25) is 0 Å². The van der Waals surface area contributed by atoms with Crippen LogP contribution in [0.5, 0.6) is 0 Å². The van der Waals surface area contributed by atoms with Crippen molar-refractivity contribution in [2.45, 2.75) is 0 Å². The molecule has 0 aromatic rings. The second-order valence-corrected chi connectivity index (χ2v) is 3.34. The Morgan fingerprint density at radius 2 is 0.909 bits per heavy atom. The van der Waals surface area contributed by atoms with Gasteiger partial charge in [-0.3, -0.25) is 0 Å². The fraction of sp³-hybridized carbons (Fsp3) is 0. The van der Waals surface area contributed by atoms with Gasteiger partial charge < -0.3 is 33.9 Å². The van der Waals surface area contributed by atoms with Gasteiger partial charge in [-0.2, -0.15) is 0 Å². The Kier molecular flexibility index (Phi) is 10.7. The number of hydrogen-bond donors (Lipinski definition) is 7. The second-order valence-electron chi connectivity index (χ2n) is 1.11. The summed E-state index contributed by atoms with van der Waals surface area (Å²) in [5.74, 6) is 0. The maximum absolute atomic E-state index is 8.88. The van der Waals surface area contributed by atoms with Crippen LogP contribution >= 0.6 is 7.82 Å². The van der Waals surface area contributed by atoms with Gasteiger partial charge in [-0.1, -0.05) is 0 Å². The van der Waals surface area contributed by atoms with Gasteiger partial charge in [0, 0.05) is 26.2 Å². The van der Waals surface area contributed by atoms with Crippen LogP contribution in [-0.4, -0.2) is 42.9 Å². The molecule has 8 nitrogen and oxygen atoms in total. The fourth-order valence-electron chi connectivity index (χ4n) is 0. The molecular formula is H7O8PSiZr. The summed E-state index contributed by atoms with van der Waals surface area (Å²) in [6, 6.07) is 0. The molecule has 0 rings (SSSR count). The monoisotopic (exact) mass is 284 g/mol. The normalized spacial score (nSPS) is 10.8. The maximum Gasteiger partial charge on any atom is 0.668 e. The topological polar surface area (TPSA) is 159 Å². The van der Waals surface area contributed by atoms with Gasteiger partial charge in [0.15, 0.2) is 0 Å². The predicted molar refractivity (Wildman–Crippen MR) is 28.9 cm³/mol. The average Bonchev–Trinajstić information content (AvgIpc) is 1.12. The first-order valence-corrected chi connectivity index (χ1v) is 5.03. The van der Waals surface area contributed by atoms with Gasteiger partial charge in [-0.05, 0) is 0 Å². The van der Waals surface area contributed by atoms with E-state index in [0.717, 1.165) is 0 Å². The standard InChI is InChI=1S/H3O4P.H4O4Si.Zr/c2*1-5(2,3)4;/h(H3,1,2,3,4);1-4H;. The van der Waals surface area contributed by atoms with E-state index in [1.165, 1.54) is 0 Å². The third kappa shape index (κ3) is 821. The summed E-state index contributed by atoms with van der Waals surface area (Å²) in [5.41, 5.74) is 0. The van der Waals surface area contributed by atoms with E-state index in [1.807, 2.05) is 0 Å². The summed E-state index contributed by atoms with van der Waals surface area (Å²) in [6.07, 6.45) is 0. The molecule has 11 heteroatoms. The predicted octanol–water partition coefficient (Wildman–Crippen LogP) is -3.54. The number of rotatable bonds is 0. The molecule has 0 aromatic carbocycles. The molecule has 0 spiro atoms. The van der Waals surface area contributed by atoms with Crippen molar-refractivity contribution < 1.29 is 64.6 Å². The van der Waals surface area contributed by atoms with E-state index in [4.69, 9.17) is 38.4 Å². The number of phosphoric acid groups is 1. The molecule has 0 heterocycles. The molecule has 0 atom stereocenters. The smallest absolute Gasteiger partial charge is 0.368 e. The molecule has 7 N–H and O–H groups in total. The van der Waals surface area contributed by atoms with Gasteiger partial charge in [-0.25, -0.2) is 4.57 Å². The van der Waals surface area contributed by atoms with Crippen molar-refractivity contribution >= 4 is 16.9 Å². The molecule has 0 aliphatic heterocycles. The molecule has 0 unspecified atom stereocenters. The minimum absolute atomic E-state index is 0. The fourth-order valence-corrected chi connectivity index (χ4v) is 0. The Morgan fingerprint density at radius 1 is 0.909 bits per heavy atom. The first-order valence-electron chi connectivity index (χ1n) is 1.68. The SMILES string of the molecule is O=P(O)(O)O.O[Si](O)(O)O.[Zr]. The van der Waals surface area contributed by atoms with E-state index < -0.39 is 16.9 Å². The Hall–Kier alpha value is 1.05. The van der Waals surface area contributed by atoms with E-state index >= 15 is 0 Å². The van der Waals surface area contributed by atoms with Gasteiger partial charge in [0.2, 0.25) is 0 Å². The summed E-state index contributed by atoms with van der Waals surface area (Å²) in [5, 5.41) is 0. The third-order valence-corrected chi connectivity index (χ3v) is 0. The molecular weight excluding hydrogens is 278 g/mol. The Morgan fingerprint density at radius 3 is 0.909 bits per heavy atom. The van der Waals surface area contributed by atoms with Crippen LogP contribution in [0.4, 0.5) is 0 Å². The van der Waals surface area contributed by atoms with Crippen LogP contribution in [0.3, 0.4) is 0 Å². The molecule has 0 aliphatic rings. The van der Waals surface area contributed by atoms with Gasteiger partial charge in [-0.15, -0.1) is 0 Å². The van der Waals surface area contributed by atoms with E-state index in [1.54, 1.807) is 0 Å². The van der Waals surface area contributed by atoms with Crippen molar-refractivity contribution in [3.63, 3.8) is 0 Å². The van der Waals surface area contributed by atoms with Crippen molar-refractivity contribution in [2.75, 3.05) is 0 Å². The van der Waals surface area contributed by atoms with Crippen LogP contribution in [-0.2, 0) is 30.8 Å². The van der Waals surface area contributed by atoms with Gasteiger partial charge in [0.1, 0.15) is 0 Å². The summed E-state index contributed by atoms with van der Waals surface area (Å²) in [4.78, 5) is 50.9. The Labute approximate surface area is 81.6 Å². The summed E-state index contributed by atoms with van der Waals surface area (Å²) in [7, 11) is -9.25. The van der Waals surface area contributed by atoms with Crippen molar-refractivity contribution in [1.29, 1.82) is 0 Å². The molecule has 0 fully saturated rings. The zero-order valence-corrected chi connectivity index (χ0v) is 9.34. The maximum atomic E-state index is 8.88. The zero-order valence-electron chi connectivity index (χ0n) is 4.99. The Balaban J connectivity index is -0.000000107. The molecule has 68 valence electrons. The first-order chi connectivity index (χ1) is 4.00. The molecule has 0 aromatic heterocycles. The van der Waals surface area contributed by atoms with Crippen LogP contribution < -0.4 is 0 Å². The molecule has 0 amide bonds. The average molecular weight is 285 g/mol. The molecule has 0 saturated carbocycles. The molecule has 0 aliphatic carbocycles. The van der Waals surface area contributed by atoms with Crippen molar-refractivity contribution in [2.24, 2.45) is 0 Å². The van der Waals surface area contributed by atoms with Crippen LogP contribution in [0, 0.1) is 0 Å². The third-order valence-electron chi connectivity index (χ3n) is 0. The van der Waals surface area contributed by atoms with E-state index in [9.17, 15) is 0 Å². The Bertz CT molecular complexity index is 106. The minimum Gasteiger partial charge on any atom is -0.368 e. The van der Waals surface area contributed by atoms with Crippen LogP contribution in [0.1, 0.15) is 0 Å². The summed E-state index contributed by atoms with van der Waals surface area (Å²) in [6.45, 7) is 0. The molecule has 0 radical (unpaired) electrons. The first kappa shape index (κ1) is 18.0. The van der Waals surface area contributed by atoms with Crippen molar-refractivity contribution in [3.05, 3.63) is 0 Å². The van der Waals surface area contributed by atoms with Gasteiger partial charge in [0.05, 0.1) is 0 Å². The minimum atomic E-state index is -4.64. The molecule has 0 bridgehead atoms. The quantitative estimate of drug-likeness (QED) is 0.178. The van der Waals surface area contributed by atoms with Crippen molar-refractivity contribution in [3.8, 4) is 0 Å². The summed E-state index contributed by atoms with van der Waals surface area (Å²) < 4.78 is 8.88. The van der Waals surface area contributed by atoms with Gasteiger partial charge >= 0.3 is 16.9 Å². The van der Waals surface area contributed by atoms with Crippen molar-refractivity contribution in [1.82, 2.24) is 0 Å². The van der Waals surface area contributed by atoms with E-state index in [2.05, 4.69) is 0 Å². The van der Waals surface area contributed by atoms with E-state index in [-0.39, 0.29) is 26.2 Å². The van der Waals surface area contributed by atoms with Crippen LogP contribution in [0.15, 0.2) is 0 Å². The molecule has 0 saturated heterocycles. The van der Waals surface area contributed by atoms with Gasteiger partial charge in [0.25, 0.3) is 0 Å². The zero-order chi connectivity index (χ0) is 9.00. The number of hydrogen-bond acceptors (Lipinski definition) is 5.